The van der Waals surface area contributed by atoms with E-state index in [1.807, 2.05) is 33.8 Å². The summed E-state index contributed by atoms with van der Waals surface area (Å²) < 4.78 is 1.57. The predicted molar refractivity (Wildman–Crippen MR) is 98.6 cm³/mol. The van der Waals surface area contributed by atoms with E-state index >= 15 is 0 Å². The van der Waals surface area contributed by atoms with Gasteiger partial charge in [-0.2, -0.15) is 0 Å². The van der Waals surface area contributed by atoms with E-state index in [0.29, 0.717) is 16.1 Å². The van der Waals surface area contributed by atoms with Crippen LogP contribution in [0.15, 0.2) is 34.2 Å². The number of nitrogens with one attached hydrogen (secondary N) is 1. The zero-order valence-electron chi connectivity index (χ0n) is 14.6. The number of para-hydroxylation sites is 1. The topological polar surface area (TPSA) is 107 Å². The fraction of sp³-hybridized carbons (Fsp3) is 0.412. The summed E-state index contributed by atoms with van der Waals surface area (Å²) in [5.41, 5.74) is 5.47. The largest absolute Gasteiger partial charge is 0.351 e. The number of carbonyl (C=O) groups excluding carboxylic acids is 2. The van der Waals surface area contributed by atoms with Crippen LogP contribution in [0, 0.1) is 5.92 Å². The third-order valence-corrected chi connectivity index (χ3v) is 5.15. The molecular formula is C17H22N4O3S. The number of thioether (sulfide) groups is 1. The van der Waals surface area contributed by atoms with Crippen molar-refractivity contribution in [1.82, 2.24) is 14.9 Å². The number of rotatable bonds is 5. The fourth-order valence-corrected chi connectivity index (χ4v) is 3.69. The molecule has 0 radical (unpaired) electrons. The molecule has 0 unspecified atom stereocenters. The molecule has 0 saturated heterocycles. The van der Waals surface area contributed by atoms with Crippen molar-refractivity contribution in [2.45, 2.75) is 44.1 Å². The van der Waals surface area contributed by atoms with Crippen molar-refractivity contribution in [2.24, 2.45) is 11.7 Å². The number of amides is 3. The first-order chi connectivity index (χ1) is 11.7. The van der Waals surface area contributed by atoms with Crippen molar-refractivity contribution >= 4 is 34.6 Å². The molecule has 3 N–H and O–H groups in total. The molecule has 3 amide bonds. The number of nitrogens with zero attached hydrogens (tertiary/aromatic N) is 2. The third-order valence-electron chi connectivity index (χ3n) is 3.63. The summed E-state index contributed by atoms with van der Waals surface area (Å²) in [7, 11) is 0. The van der Waals surface area contributed by atoms with Crippen molar-refractivity contribution in [3.05, 3.63) is 34.6 Å². The van der Waals surface area contributed by atoms with Gasteiger partial charge < -0.3 is 5.73 Å². The zero-order chi connectivity index (χ0) is 18.7. The van der Waals surface area contributed by atoms with Crippen LogP contribution < -0.4 is 16.6 Å². The SMILES string of the molecule is CC(C)[C@H](Sc1nc2ccccc2c(=O)n1C(C)C)C(=O)NC(N)=O. The molecule has 0 bridgehead atoms. The Morgan fingerprint density at radius 3 is 2.40 bits per heavy atom. The molecule has 134 valence electrons. The van der Waals surface area contributed by atoms with Gasteiger partial charge in [0, 0.05) is 6.04 Å². The minimum Gasteiger partial charge on any atom is -0.351 e. The minimum atomic E-state index is -0.899. The van der Waals surface area contributed by atoms with Gasteiger partial charge in [-0.3, -0.25) is 19.5 Å². The van der Waals surface area contributed by atoms with Crippen LogP contribution in [0.3, 0.4) is 0 Å². The lowest BCUT2D eigenvalue weighted by Gasteiger charge is -2.22. The summed E-state index contributed by atoms with van der Waals surface area (Å²) in [6, 6.07) is 6.07. The molecule has 1 heterocycles. The molecule has 1 aromatic carbocycles. The molecule has 0 aliphatic carbocycles. The minimum absolute atomic E-state index is 0.0895. The number of hydrogen-bond acceptors (Lipinski definition) is 5. The number of carbonyl (C=O) groups is 2. The van der Waals surface area contributed by atoms with E-state index in [1.54, 1.807) is 22.8 Å². The number of hydrogen-bond donors (Lipinski definition) is 2. The second-order valence-electron chi connectivity index (χ2n) is 6.32. The van der Waals surface area contributed by atoms with Crippen LogP contribution in [0.25, 0.3) is 10.9 Å². The van der Waals surface area contributed by atoms with Crippen LogP contribution in [0.1, 0.15) is 33.7 Å². The van der Waals surface area contributed by atoms with Crippen molar-refractivity contribution < 1.29 is 9.59 Å². The lowest BCUT2D eigenvalue weighted by Crippen LogP contribution is -2.42. The van der Waals surface area contributed by atoms with Crippen LogP contribution in [0.5, 0.6) is 0 Å². The Labute approximate surface area is 150 Å². The standard InChI is InChI=1S/C17H22N4O3S/c1-9(2)13(14(22)20-16(18)24)25-17-19-12-8-6-5-7-11(12)15(23)21(17)10(3)4/h5-10,13H,1-4H3,(H3,18,20,22,24)/t13-/m0/s1. The Kier molecular flexibility index (Phi) is 5.84. The monoisotopic (exact) mass is 362 g/mol. The van der Waals surface area contributed by atoms with Gasteiger partial charge in [0.15, 0.2) is 5.16 Å². The molecule has 25 heavy (non-hydrogen) atoms. The number of primary amides is 1. The Balaban J connectivity index is 2.54. The highest BCUT2D eigenvalue weighted by Gasteiger charge is 2.27. The van der Waals surface area contributed by atoms with Gasteiger partial charge >= 0.3 is 6.03 Å². The molecule has 2 rings (SSSR count). The van der Waals surface area contributed by atoms with E-state index in [9.17, 15) is 14.4 Å². The van der Waals surface area contributed by atoms with Gasteiger partial charge in [0.25, 0.3) is 5.56 Å². The van der Waals surface area contributed by atoms with E-state index in [1.165, 1.54) is 0 Å². The van der Waals surface area contributed by atoms with E-state index in [-0.39, 0.29) is 17.5 Å². The maximum Gasteiger partial charge on any atom is 0.318 e. The normalized spacial score (nSPS) is 12.6. The quantitative estimate of drug-likeness (QED) is 0.627. The molecule has 8 heteroatoms. The summed E-state index contributed by atoms with van der Waals surface area (Å²) >= 11 is 1.16. The van der Waals surface area contributed by atoms with Gasteiger partial charge in [0.2, 0.25) is 5.91 Å². The van der Waals surface area contributed by atoms with Gasteiger partial charge in [-0.1, -0.05) is 37.7 Å². The second-order valence-corrected chi connectivity index (χ2v) is 7.43. The average molecular weight is 362 g/mol. The Morgan fingerprint density at radius 2 is 1.84 bits per heavy atom. The molecule has 0 saturated carbocycles. The summed E-state index contributed by atoms with van der Waals surface area (Å²) in [6.45, 7) is 7.49. The summed E-state index contributed by atoms with van der Waals surface area (Å²) in [4.78, 5) is 40.7. The van der Waals surface area contributed by atoms with Gasteiger partial charge in [-0.15, -0.1) is 0 Å². The predicted octanol–water partition coefficient (Wildman–Crippen LogP) is 2.29. The number of aromatic nitrogens is 2. The molecule has 2 aromatic rings. The number of benzene rings is 1. The van der Waals surface area contributed by atoms with Crippen LogP contribution in [-0.2, 0) is 4.79 Å². The highest BCUT2D eigenvalue weighted by atomic mass is 32.2. The van der Waals surface area contributed by atoms with E-state index < -0.39 is 17.2 Å². The maximum atomic E-state index is 12.8. The molecule has 0 fully saturated rings. The van der Waals surface area contributed by atoms with Crippen LogP contribution in [0.4, 0.5) is 4.79 Å². The van der Waals surface area contributed by atoms with Crippen molar-refractivity contribution in [1.29, 1.82) is 0 Å². The number of fused-ring (bicyclic) bond motifs is 1. The third kappa shape index (κ3) is 4.19. The second kappa shape index (κ2) is 7.69. The van der Waals surface area contributed by atoms with Crippen LogP contribution >= 0.6 is 11.8 Å². The maximum absolute atomic E-state index is 12.8. The molecule has 0 aliphatic rings. The molecular weight excluding hydrogens is 340 g/mol. The van der Waals surface area contributed by atoms with E-state index in [4.69, 9.17) is 5.73 Å². The molecule has 1 aromatic heterocycles. The van der Waals surface area contributed by atoms with Gasteiger partial charge in [0.05, 0.1) is 16.2 Å². The molecule has 0 spiro atoms. The Hall–Kier alpha value is -2.35. The first kappa shape index (κ1) is 19.0. The first-order valence-corrected chi connectivity index (χ1v) is 8.88. The highest BCUT2D eigenvalue weighted by molar-refractivity contribution is 8.00. The molecule has 0 aliphatic heterocycles. The lowest BCUT2D eigenvalue weighted by atomic mass is 10.1. The Bertz CT molecular complexity index is 861. The first-order valence-electron chi connectivity index (χ1n) is 8.00. The van der Waals surface area contributed by atoms with Gasteiger partial charge in [-0.05, 0) is 31.9 Å². The summed E-state index contributed by atoms with van der Waals surface area (Å²) in [6.07, 6.45) is 0. The average Bonchev–Trinajstić information content (AvgIpc) is 2.51. The molecule has 1 atom stereocenters. The fourth-order valence-electron chi connectivity index (χ4n) is 2.46. The molecule has 7 nitrogen and oxygen atoms in total. The van der Waals surface area contributed by atoms with Crippen LogP contribution in [-0.4, -0.2) is 26.7 Å². The summed E-state index contributed by atoms with van der Waals surface area (Å²) in [5, 5.41) is 2.48. The zero-order valence-corrected chi connectivity index (χ0v) is 15.5. The summed E-state index contributed by atoms with van der Waals surface area (Å²) in [5.74, 6) is -0.585. The van der Waals surface area contributed by atoms with Crippen molar-refractivity contribution in [2.75, 3.05) is 0 Å². The van der Waals surface area contributed by atoms with E-state index in [0.717, 1.165) is 11.8 Å². The van der Waals surface area contributed by atoms with Gasteiger partial charge in [-0.25, -0.2) is 9.78 Å². The van der Waals surface area contributed by atoms with Crippen molar-refractivity contribution in [3.8, 4) is 0 Å². The highest BCUT2D eigenvalue weighted by Crippen LogP contribution is 2.29. The Morgan fingerprint density at radius 1 is 1.20 bits per heavy atom. The number of nitrogens with two attached hydrogens (primary N) is 1. The lowest BCUT2D eigenvalue weighted by molar-refractivity contribution is -0.120. The smallest absolute Gasteiger partial charge is 0.318 e. The van der Waals surface area contributed by atoms with Gasteiger partial charge in [0.1, 0.15) is 0 Å². The number of imide groups is 1. The van der Waals surface area contributed by atoms with Crippen molar-refractivity contribution in [3.63, 3.8) is 0 Å². The number of urea groups is 1. The van der Waals surface area contributed by atoms with Crippen LogP contribution in [0.2, 0.25) is 0 Å². The van der Waals surface area contributed by atoms with E-state index in [2.05, 4.69) is 10.3 Å².